The molecule has 0 bridgehead atoms. The van der Waals surface area contributed by atoms with E-state index < -0.39 is 6.10 Å². The van der Waals surface area contributed by atoms with Gasteiger partial charge in [0, 0.05) is 20.3 Å². The number of methoxy groups -OCH3 is 1. The van der Waals surface area contributed by atoms with Gasteiger partial charge in [0.2, 0.25) is 0 Å². The second-order valence-corrected chi connectivity index (χ2v) is 5.23. The number of hydrogen-bond donors (Lipinski definition) is 2. The first kappa shape index (κ1) is 17.5. The van der Waals surface area contributed by atoms with Gasteiger partial charge in [-0.1, -0.05) is 29.3 Å². The Morgan fingerprint density at radius 2 is 1.95 bits per heavy atom. The van der Waals surface area contributed by atoms with E-state index in [0.717, 1.165) is 26.0 Å². The van der Waals surface area contributed by atoms with Crippen LogP contribution in [-0.2, 0) is 4.74 Å². The van der Waals surface area contributed by atoms with Crippen LogP contribution in [0.5, 0.6) is 5.75 Å². The van der Waals surface area contributed by atoms with Gasteiger partial charge in [-0.3, -0.25) is 0 Å². The number of unbranched alkanes of at least 4 members (excludes halogenated alkanes) is 1. The molecular weight excluding hydrogens is 301 g/mol. The van der Waals surface area contributed by atoms with E-state index in [1.54, 1.807) is 25.3 Å². The van der Waals surface area contributed by atoms with Crippen LogP contribution < -0.4 is 10.1 Å². The van der Waals surface area contributed by atoms with E-state index in [4.69, 9.17) is 32.7 Å². The lowest BCUT2D eigenvalue weighted by Gasteiger charge is -2.14. The van der Waals surface area contributed by atoms with Gasteiger partial charge in [0.25, 0.3) is 0 Å². The van der Waals surface area contributed by atoms with Crippen LogP contribution in [0, 0.1) is 0 Å². The molecule has 0 fully saturated rings. The summed E-state index contributed by atoms with van der Waals surface area (Å²) in [6.07, 6.45) is 1.41. The largest absolute Gasteiger partial charge is 0.488 e. The molecule has 2 N–H and O–H groups in total. The van der Waals surface area contributed by atoms with Gasteiger partial charge in [0.1, 0.15) is 12.7 Å². The first-order valence-corrected chi connectivity index (χ1v) is 7.35. The molecule has 6 heteroatoms. The molecule has 0 heterocycles. The van der Waals surface area contributed by atoms with Gasteiger partial charge in [-0.15, -0.1) is 0 Å². The van der Waals surface area contributed by atoms with E-state index in [-0.39, 0.29) is 6.61 Å². The molecule has 1 atom stereocenters. The number of para-hydroxylation sites is 1. The number of rotatable bonds is 10. The molecule has 0 amide bonds. The van der Waals surface area contributed by atoms with Crippen molar-refractivity contribution in [2.75, 3.05) is 33.4 Å². The Balaban J connectivity index is 2.18. The minimum atomic E-state index is -0.607. The highest BCUT2D eigenvalue weighted by Crippen LogP contribution is 2.32. The fraction of sp³-hybridized carbons (Fsp3) is 0.571. The maximum absolute atomic E-state index is 9.80. The molecule has 0 radical (unpaired) electrons. The molecule has 1 aromatic rings. The molecule has 0 aliphatic heterocycles. The van der Waals surface area contributed by atoms with Crippen LogP contribution in [0.3, 0.4) is 0 Å². The summed E-state index contributed by atoms with van der Waals surface area (Å²) in [5.74, 6) is 0.412. The topological polar surface area (TPSA) is 50.7 Å². The number of halogens is 2. The highest BCUT2D eigenvalue weighted by molar-refractivity contribution is 6.37. The lowest BCUT2D eigenvalue weighted by Crippen LogP contribution is -2.32. The Hall–Kier alpha value is -0.520. The van der Waals surface area contributed by atoms with Gasteiger partial charge >= 0.3 is 0 Å². The van der Waals surface area contributed by atoms with Crippen LogP contribution >= 0.6 is 23.2 Å². The predicted molar refractivity (Wildman–Crippen MR) is 81.9 cm³/mol. The Morgan fingerprint density at radius 3 is 2.60 bits per heavy atom. The number of ether oxygens (including phenoxy) is 2. The van der Waals surface area contributed by atoms with Crippen molar-refractivity contribution in [3.05, 3.63) is 28.2 Å². The van der Waals surface area contributed by atoms with Crippen molar-refractivity contribution < 1.29 is 14.6 Å². The average molecular weight is 322 g/mol. The molecular formula is C14H21Cl2NO3. The first-order valence-electron chi connectivity index (χ1n) is 6.59. The molecule has 0 saturated carbocycles. The summed E-state index contributed by atoms with van der Waals surface area (Å²) in [4.78, 5) is 0. The zero-order valence-corrected chi connectivity index (χ0v) is 13.1. The molecule has 4 nitrogen and oxygen atoms in total. The average Bonchev–Trinajstić information content (AvgIpc) is 2.42. The zero-order chi connectivity index (χ0) is 14.8. The van der Waals surface area contributed by atoms with Crippen molar-refractivity contribution in [3.63, 3.8) is 0 Å². The van der Waals surface area contributed by atoms with E-state index in [9.17, 15) is 5.11 Å². The Labute approximate surface area is 130 Å². The Bertz CT molecular complexity index is 370. The van der Waals surface area contributed by atoms with Crippen molar-refractivity contribution in [2.24, 2.45) is 0 Å². The number of aliphatic hydroxyl groups is 1. The van der Waals surface area contributed by atoms with Crippen LogP contribution in [-0.4, -0.2) is 44.6 Å². The van der Waals surface area contributed by atoms with E-state index in [0.29, 0.717) is 22.3 Å². The zero-order valence-electron chi connectivity index (χ0n) is 11.6. The van der Waals surface area contributed by atoms with Crippen LogP contribution in [0.4, 0.5) is 0 Å². The third kappa shape index (κ3) is 6.77. The predicted octanol–water partition coefficient (Wildman–Crippen LogP) is 2.75. The quantitative estimate of drug-likeness (QED) is 0.651. The minimum absolute atomic E-state index is 0.147. The molecule has 1 rings (SSSR count). The smallest absolute Gasteiger partial charge is 0.156 e. The van der Waals surface area contributed by atoms with Crippen molar-refractivity contribution in [1.29, 1.82) is 0 Å². The summed E-state index contributed by atoms with van der Waals surface area (Å²) in [5.41, 5.74) is 0. The summed E-state index contributed by atoms with van der Waals surface area (Å²) in [5, 5.41) is 13.8. The Morgan fingerprint density at radius 1 is 1.25 bits per heavy atom. The molecule has 0 spiro atoms. The van der Waals surface area contributed by atoms with Gasteiger partial charge < -0.3 is 19.9 Å². The maximum atomic E-state index is 9.80. The van der Waals surface area contributed by atoms with Gasteiger partial charge in [-0.05, 0) is 31.5 Å². The molecule has 0 aromatic heterocycles. The van der Waals surface area contributed by atoms with E-state index in [1.807, 2.05) is 0 Å². The van der Waals surface area contributed by atoms with E-state index in [2.05, 4.69) is 5.32 Å². The molecule has 0 aliphatic carbocycles. The van der Waals surface area contributed by atoms with Gasteiger partial charge in [-0.2, -0.15) is 0 Å². The fourth-order valence-electron chi connectivity index (χ4n) is 1.62. The fourth-order valence-corrected chi connectivity index (χ4v) is 2.13. The lowest BCUT2D eigenvalue weighted by atomic mass is 10.3. The van der Waals surface area contributed by atoms with E-state index >= 15 is 0 Å². The maximum Gasteiger partial charge on any atom is 0.156 e. The highest BCUT2D eigenvalue weighted by atomic mass is 35.5. The molecule has 1 aromatic carbocycles. The van der Waals surface area contributed by atoms with Gasteiger partial charge in [-0.25, -0.2) is 0 Å². The summed E-state index contributed by atoms with van der Waals surface area (Å²) in [7, 11) is 1.69. The van der Waals surface area contributed by atoms with Crippen LogP contribution in [0.2, 0.25) is 10.0 Å². The summed E-state index contributed by atoms with van der Waals surface area (Å²) in [6, 6.07) is 5.14. The summed E-state index contributed by atoms with van der Waals surface area (Å²) >= 11 is 11.9. The van der Waals surface area contributed by atoms with Gasteiger partial charge in [0.05, 0.1) is 10.0 Å². The monoisotopic (exact) mass is 321 g/mol. The summed E-state index contributed by atoms with van der Waals surface area (Å²) < 4.78 is 10.4. The third-order valence-electron chi connectivity index (χ3n) is 2.67. The normalized spacial score (nSPS) is 12.4. The Kier molecular flexibility index (Phi) is 8.98. The lowest BCUT2D eigenvalue weighted by molar-refractivity contribution is 0.106. The number of hydrogen-bond acceptors (Lipinski definition) is 4. The van der Waals surface area contributed by atoms with Crippen molar-refractivity contribution in [1.82, 2.24) is 5.32 Å². The molecule has 20 heavy (non-hydrogen) atoms. The molecule has 0 aliphatic rings. The second-order valence-electron chi connectivity index (χ2n) is 4.42. The SMILES string of the molecule is COCCCCNCC(O)COc1c(Cl)cccc1Cl. The molecule has 1 unspecified atom stereocenters. The molecule has 114 valence electrons. The van der Waals surface area contributed by atoms with E-state index in [1.165, 1.54) is 0 Å². The molecule has 0 saturated heterocycles. The van der Waals surface area contributed by atoms with Crippen molar-refractivity contribution in [3.8, 4) is 5.75 Å². The third-order valence-corrected chi connectivity index (χ3v) is 3.27. The first-order chi connectivity index (χ1) is 9.65. The standard InChI is InChI=1S/C14H21Cl2NO3/c1-19-8-3-2-7-17-9-11(18)10-20-14-12(15)5-4-6-13(14)16/h4-6,11,17-18H,2-3,7-10H2,1H3. The number of aliphatic hydroxyl groups excluding tert-OH is 1. The van der Waals surface area contributed by atoms with Crippen molar-refractivity contribution in [2.45, 2.75) is 18.9 Å². The van der Waals surface area contributed by atoms with Crippen molar-refractivity contribution >= 4 is 23.2 Å². The van der Waals surface area contributed by atoms with Crippen LogP contribution in [0.25, 0.3) is 0 Å². The highest BCUT2D eigenvalue weighted by Gasteiger charge is 2.10. The minimum Gasteiger partial charge on any atom is -0.488 e. The summed E-state index contributed by atoms with van der Waals surface area (Å²) in [6.45, 7) is 2.22. The second kappa shape index (κ2) is 10.2. The number of nitrogens with one attached hydrogen (secondary N) is 1. The number of benzene rings is 1. The van der Waals surface area contributed by atoms with Crippen LogP contribution in [0.1, 0.15) is 12.8 Å². The van der Waals surface area contributed by atoms with Crippen LogP contribution in [0.15, 0.2) is 18.2 Å². The van der Waals surface area contributed by atoms with Gasteiger partial charge in [0.15, 0.2) is 5.75 Å².